The molecule has 10 heavy (non-hydrogen) atoms. The highest BCUT2D eigenvalue weighted by Gasteiger charge is 1.94. The normalized spacial score (nSPS) is 10.7. The first-order chi connectivity index (χ1) is 4.79. The largest absolute Gasteiger partial charge is 0.309 e. The lowest BCUT2D eigenvalue weighted by Gasteiger charge is -2.06. The van der Waals surface area contributed by atoms with Crippen molar-refractivity contribution < 1.29 is 0 Å². The molecule has 0 saturated heterocycles. The van der Waals surface area contributed by atoms with Gasteiger partial charge in [0.15, 0.2) is 0 Å². The Hall–Kier alpha value is -0.340. The van der Waals surface area contributed by atoms with E-state index in [-0.39, 0.29) is 0 Å². The first kappa shape index (κ1) is 7.76. The van der Waals surface area contributed by atoms with Crippen LogP contribution in [0.5, 0.6) is 0 Å². The van der Waals surface area contributed by atoms with Crippen LogP contribution in [0.4, 0.5) is 0 Å². The molecule has 0 bridgehead atoms. The molecule has 1 nitrogen and oxygen atoms in total. The van der Waals surface area contributed by atoms with E-state index in [0.717, 1.165) is 6.54 Å². The first-order valence-electron chi connectivity index (χ1n) is 3.30. The Morgan fingerprint density at radius 1 is 1.60 bits per heavy atom. The molecule has 0 fully saturated rings. The van der Waals surface area contributed by atoms with Crippen LogP contribution < -0.4 is 0 Å². The molecule has 1 heterocycles. The van der Waals surface area contributed by atoms with Gasteiger partial charge in [-0.3, -0.25) is 0 Å². The zero-order valence-electron chi connectivity index (χ0n) is 6.37. The summed E-state index contributed by atoms with van der Waals surface area (Å²) in [6.07, 6.45) is 2.23. The van der Waals surface area contributed by atoms with Crippen LogP contribution >= 0.6 is 11.3 Å². The van der Waals surface area contributed by atoms with E-state index in [9.17, 15) is 0 Å². The summed E-state index contributed by atoms with van der Waals surface area (Å²) in [5.74, 6) is 0. The molecule has 0 spiro atoms. The molecule has 0 unspecified atom stereocenters. The van der Waals surface area contributed by atoms with Crippen molar-refractivity contribution in [3.63, 3.8) is 0 Å². The Bertz CT molecular complexity index is 167. The van der Waals surface area contributed by atoms with Crippen molar-refractivity contribution in [2.75, 3.05) is 20.6 Å². The van der Waals surface area contributed by atoms with E-state index in [0.29, 0.717) is 0 Å². The second-order valence-electron chi connectivity index (χ2n) is 2.48. The van der Waals surface area contributed by atoms with Crippen LogP contribution in [0.25, 0.3) is 0 Å². The van der Waals surface area contributed by atoms with Crippen molar-refractivity contribution in [3.05, 3.63) is 28.8 Å². The van der Waals surface area contributed by atoms with Crippen LogP contribution in [-0.2, 0) is 0 Å². The van der Waals surface area contributed by atoms with Gasteiger partial charge in [0.1, 0.15) is 0 Å². The first-order valence-corrected chi connectivity index (χ1v) is 4.18. The predicted octanol–water partition coefficient (Wildman–Crippen LogP) is 1.86. The van der Waals surface area contributed by atoms with Gasteiger partial charge < -0.3 is 4.90 Å². The van der Waals surface area contributed by atoms with Gasteiger partial charge >= 0.3 is 0 Å². The van der Waals surface area contributed by atoms with Crippen molar-refractivity contribution in [3.8, 4) is 0 Å². The van der Waals surface area contributed by atoms with E-state index < -0.39 is 0 Å². The Balaban J connectivity index is 2.28. The van der Waals surface area contributed by atoms with Crippen molar-refractivity contribution in [1.82, 2.24) is 4.90 Å². The Morgan fingerprint density at radius 2 is 2.40 bits per heavy atom. The van der Waals surface area contributed by atoms with Crippen molar-refractivity contribution in [2.45, 2.75) is 0 Å². The molecule has 1 rings (SSSR count). The highest BCUT2D eigenvalue weighted by Crippen LogP contribution is 2.10. The minimum Gasteiger partial charge on any atom is -0.309 e. The molecule has 1 radical (unpaired) electrons. The molecule has 0 saturated carbocycles. The van der Waals surface area contributed by atoms with Gasteiger partial charge in [0.05, 0.1) is 0 Å². The molecule has 0 atom stereocenters. The van der Waals surface area contributed by atoms with Crippen LogP contribution in [0.15, 0.2) is 17.5 Å². The summed E-state index contributed by atoms with van der Waals surface area (Å²) < 4.78 is 0. The zero-order chi connectivity index (χ0) is 7.40. The average molecular weight is 154 g/mol. The van der Waals surface area contributed by atoms with Gasteiger partial charge in [0, 0.05) is 17.8 Å². The third-order valence-electron chi connectivity index (χ3n) is 1.20. The molecule has 0 aliphatic carbocycles. The summed E-state index contributed by atoms with van der Waals surface area (Å²) in [5.41, 5.74) is 0. The number of likely N-dealkylation sites (N-methyl/N-ethyl adjacent to an activating group) is 1. The monoisotopic (exact) mass is 154 g/mol. The second-order valence-corrected chi connectivity index (χ2v) is 3.46. The van der Waals surface area contributed by atoms with E-state index in [2.05, 4.69) is 42.9 Å². The molecule has 0 amide bonds. The molecular formula is C8H12NS. The van der Waals surface area contributed by atoms with Gasteiger partial charge in [0.25, 0.3) is 0 Å². The van der Waals surface area contributed by atoms with Gasteiger partial charge in [-0.25, -0.2) is 0 Å². The van der Waals surface area contributed by atoms with E-state index in [4.69, 9.17) is 0 Å². The molecule has 2 heteroatoms. The smallest absolute Gasteiger partial charge is 0.0149 e. The molecule has 1 aromatic heterocycles. The van der Waals surface area contributed by atoms with Crippen LogP contribution in [-0.4, -0.2) is 25.5 Å². The quantitative estimate of drug-likeness (QED) is 0.642. The third kappa shape index (κ3) is 2.50. The summed E-state index contributed by atoms with van der Waals surface area (Å²) in [5, 5.41) is 2.10. The maximum atomic E-state index is 2.23. The maximum Gasteiger partial charge on any atom is 0.0149 e. The fraction of sp³-hybridized carbons (Fsp3) is 0.375. The molecule has 0 N–H and O–H groups in total. The van der Waals surface area contributed by atoms with E-state index in [1.54, 1.807) is 11.3 Å². The zero-order valence-corrected chi connectivity index (χ0v) is 7.19. The van der Waals surface area contributed by atoms with Gasteiger partial charge in [-0.1, -0.05) is 6.07 Å². The topological polar surface area (TPSA) is 3.24 Å². The highest BCUT2D eigenvalue weighted by molar-refractivity contribution is 7.10. The minimum absolute atomic E-state index is 1.03. The average Bonchev–Trinajstić information content (AvgIpc) is 2.34. The second kappa shape index (κ2) is 3.74. The fourth-order valence-electron chi connectivity index (χ4n) is 0.680. The van der Waals surface area contributed by atoms with Gasteiger partial charge in [-0.15, -0.1) is 11.3 Å². The number of hydrogen-bond acceptors (Lipinski definition) is 2. The Labute approximate surface area is 66.3 Å². The number of nitrogens with zero attached hydrogens (tertiary/aromatic N) is 1. The van der Waals surface area contributed by atoms with Crippen LogP contribution in [0.1, 0.15) is 4.88 Å². The highest BCUT2D eigenvalue weighted by atomic mass is 32.1. The lowest BCUT2D eigenvalue weighted by Crippen LogP contribution is -2.13. The predicted molar refractivity (Wildman–Crippen MR) is 46.3 cm³/mol. The maximum absolute atomic E-state index is 2.23. The van der Waals surface area contributed by atoms with Gasteiger partial charge in [-0.2, -0.15) is 0 Å². The standard InChI is InChI=1S/C8H12NS/c1-9(2)6-5-8-4-3-7-10-8/h3-5,7H,6H2,1-2H3. The summed E-state index contributed by atoms with van der Waals surface area (Å²) in [6.45, 7) is 1.03. The van der Waals surface area contributed by atoms with Crippen molar-refractivity contribution in [1.29, 1.82) is 0 Å². The Morgan fingerprint density at radius 3 is 2.90 bits per heavy atom. The summed E-state index contributed by atoms with van der Waals surface area (Å²) in [4.78, 5) is 3.51. The number of thiophene rings is 1. The lowest BCUT2D eigenvalue weighted by atomic mass is 10.3. The van der Waals surface area contributed by atoms with E-state index >= 15 is 0 Å². The molecule has 1 aromatic rings. The molecule has 0 aliphatic rings. The number of rotatable bonds is 3. The fourth-order valence-corrected chi connectivity index (χ4v) is 1.32. The van der Waals surface area contributed by atoms with Crippen LogP contribution in [0.2, 0.25) is 0 Å². The van der Waals surface area contributed by atoms with Gasteiger partial charge in [0.2, 0.25) is 0 Å². The minimum atomic E-state index is 1.03. The molecule has 55 valence electrons. The Kier molecular flexibility index (Phi) is 2.90. The SMILES string of the molecule is CN(C)C[CH]c1cccs1. The summed E-state index contributed by atoms with van der Waals surface area (Å²) >= 11 is 1.78. The van der Waals surface area contributed by atoms with Gasteiger partial charge in [-0.05, 0) is 25.5 Å². The van der Waals surface area contributed by atoms with Crippen molar-refractivity contribution >= 4 is 11.3 Å². The third-order valence-corrected chi connectivity index (χ3v) is 2.07. The molecular weight excluding hydrogens is 142 g/mol. The van der Waals surface area contributed by atoms with E-state index in [1.165, 1.54) is 4.88 Å². The number of hydrogen-bond donors (Lipinski definition) is 0. The van der Waals surface area contributed by atoms with Crippen LogP contribution in [0.3, 0.4) is 0 Å². The summed E-state index contributed by atoms with van der Waals surface area (Å²) in [6, 6.07) is 4.21. The van der Waals surface area contributed by atoms with E-state index in [1.807, 2.05) is 0 Å². The lowest BCUT2D eigenvalue weighted by molar-refractivity contribution is 0.446. The molecule has 0 aromatic carbocycles. The van der Waals surface area contributed by atoms with Crippen LogP contribution in [0, 0.1) is 6.42 Å². The molecule has 0 aliphatic heterocycles. The summed E-state index contributed by atoms with van der Waals surface area (Å²) in [7, 11) is 4.15. The van der Waals surface area contributed by atoms with Crippen molar-refractivity contribution in [2.24, 2.45) is 0 Å².